The lowest BCUT2D eigenvalue weighted by Crippen LogP contribution is -2.40. The van der Waals surface area contributed by atoms with Gasteiger partial charge < -0.3 is 20.5 Å². The SMILES string of the molecule is COCC[C@@H](CO)NC(=O)Nc1cnc(C(C)(C)C)nc1. The number of hydrogen-bond acceptors (Lipinski definition) is 5. The lowest BCUT2D eigenvalue weighted by molar-refractivity contribution is 0.161. The summed E-state index contributed by atoms with van der Waals surface area (Å²) in [5.41, 5.74) is 0.368. The van der Waals surface area contributed by atoms with Crippen LogP contribution in [-0.4, -0.2) is 47.5 Å². The Hall–Kier alpha value is -1.73. The van der Waals surface area contributed by atoms with Gasteiger partial charge in [0.1, 0.15) is 5.82 Å². The molecule has 0 aliphatic rings. The molecule has 0 saturated carbocycles. The van der Waals surface area contributed by atoms with E-state index in [0.29, 0.717) is 24.5 Å². The molecule has 1 aromatic heterocycles. The number of anilines is 1. The summed E-state index contributed by atoms with van der Waals surface area (Å²) in [6.45, 7) is 6.38. The van der Waals surface area contributed by atoms with Crippen molar-refractivity contribution in [1.82, 2.24) is 15.3 Å². The number of amides is 2. The Morgan fingerprint density at radius 1 is 1.38 bits per heavy atom. The molecule has 1 atom stereocenters. The van der Waals surface area contributed by atoms with Crippen LogP contribution in [0, 0.1) is 0 Å². The van der Waals surface area contributed by atoms with Crippen molar-refractivity contribution in [3.05, 3.63) is 18.2 Å². The third-order valence-corrected chi connectivity index (χ3v) is 2.81. The molecular weight excluding hydrogens is 272 g/mol. The van der Waals surface area contributed by atoms with Crippen LogP contribution < -0.4 is 10.6 Å². The van der Waals surface area contributed by atoms with Crippen molar-refractivity contribution in [3.63, 3.8) is 0 Å². The van der Waals surface area contributed by atoms with Crippen LogP contribution in [0.5, 0.6) is 0 Å². The zero-order valence-corrected chi connectivity index (χ0v) is 13.0. The van der Waals surface area contributed by atoms with Crippen LogP contribution in [0.25, 0.3) is 0 Å². The highest BCUT2D eigenvalue weighted by atomic mass is 16.5. The molecule has 0 aliphatic heterocycles. The van der Waals surface area contributed by atoms with E-state index in [4.69, 9.17) is 4.74 Å². The number of nitrogens with one attached hydrogen (secondary N) is 2. The van der Waals surface area contributed by atoms with E-state index in [2.05, 4.69) is 20.6 Å². The summed E-state index contributed by atoms with van der Waals surface area (Å²) >= 11 is 0. The Morgan fingerprint density at radius 3 is 2.48 bits per heavy atom. The Morgan fingerprint density at radius 2 is 2.00 bits per heavy atom. The molecule has 0 fully saturated rings. The molecule has 0 saturated heterocycles. The average Bonchev–Trinajstić information content (AvgIpc) is 2.43. The number of rotatable bonds is 6. The van der Waals surface area contributed by atoms with Crippen molar-refractivity contribution in [1.29, 1.82) is 0 Å². The van der Waals surface area contributed by atoms with Gasteiger partial charge in [0.25, 0.3) is 0 Å². The van der Waals surface area contributed by atoms with Gasteiger partial charge in [0, 0.05) is 19.1 Å². The van der Waals surface area contributed by atoms with Crippen molar-refractivity contribution >= 4 is 11.7 Å². The molecule has 1 rings (SSSR count). The molecule has 0 radical (unpaired) electrons. The standard InChI is InChI=1S/C14H24N4O3/c1-14(2,3)12-15-7-11(8-16-12)18-13(20)17-10(9-19)5-6-21-4/h7-8,10,19H,5-6,9H2,1-4H3,(H2,17,18,20)/t10-/m0/s1. The first-order valence-electron chi connectivity index (χ1n) is 6.86. The van der Waals surface area contributed by atoms with Crippen LogP contribution in [-0.2, 0) is 10.2 Å². The number of urea groups is 1. The Balaban J connectivity index is 2.54. The molecule has 118 valence electrons. The van der Waals surface area contributed by atoms with E-state index >= 15 is 0 Å². The van der Waals surface area contributed by atoms with Crippen LogP contribution in [0.15, 0.2) is 12.4 Å². The van der Waals surface area contributed by atoms with E-state index in [1.165, 1.54) is 0 Å². The summed E-state index contributed by atoms with van der Waals surface area (Å²) in [4.78, 5) is 20.3. The number of hydrogen-bond donors (Lipinski definition) is 3. The Labute approximate surface area is 125 Å². The molecule has 0 bridgehead atoms. The largest absolute Gasteiger partial charge is 0.394 e. The first kappa shape index (κ1) is 17.3. The normalized spacial score (nSPS) is 12.8. The van der Waals surface area contributed by atoms with E-state index in [-0.39, 0.29) is 18.1 Å². The third-order valence-electron chi connectivity index (χ3n) is 2.81. The smallest absolute Gasteiger partial charge is 0.319 e. The summed E-state index contributed by atoms with van der Waals surface area (Å²) in [5.74, 6) is 0.710. The van der Waals surface area contributed by atoms with Crippen LogP contribution >= 0.6 is 0 Å². The number of ether oxygens (including phenoxy) is 1. The van der Waals surface area contributed by atoms with E-state index in [9.17, 15) is 9.90 Å². The second-order valence-corrected chi connectivity index (χ2v) is 5.80. The fourth-order valence-corrected chi connectivity index (χ4v) is 1.60. The first-order chi connectivity index (χ1) is 9.86. The van der Waals surface area contributed by atoms with Gasteiger partial charge in [-0.25, -0.2) is 14.8 Å². The molecular formula is C14H24N4O3. The van der Waals surface area contributed by atoms with Gasteiger partial charge in [0.15, 0.2) is 0 Å². The maximum absolute atomic E-state index is 11.8. The van der Waals surface area contributed by atoms with Crippen LogP contribution in [0.4, 0.5) is 10.5 Å². The Kier molecular flexibility index (Phi) is 6.51. The van der Waals surface area contributed by atoms with E-state index < -0.39 is 6.03 Å². The summed E-state index contributed by atoms with van der Waals surface area (Å²) in [5, 5.41) is 14.5. The number of carbonyl (C=O) groups excluding carboxylic acids is 1. The van der Waals surface area contributed by atoms with Crippen LogP contribution in [0.3, 0.4) is 0 Å². The molecule has 2 amide bonds. The van der Waals surface area contributed by atoms with Gasteiger partial charge in [0.05, 0.1) is 30.7 Å². The van der Waals surface area contributed by atoms with Crippen molar-refractivity contribution in [3.8, 4) is 0 Å². The predicted molar refractivity (Wildman–Crippen MR) is 80.3 cm³/mol. The minimum absolute atomic E-state index is 0.136. The van der Waals surface area contributed by atoms with Gasteiger partial charge >= 0.3 is 6.03 Å². The third kappa shape index (κ3) is 6.05. The van der Waals surface area contributed by atoms with Gasteiger partial charge in [-0.05, 0) is 6.42 Å². The zero-order valence-electron chi connectivity index (χ0n) is 13.0. The molecule has 1 heterocycles. The van der Waals surface area contributed by atoms with Gasteiger partial charge in [-0.2, -0.15) is 0 Å². The van der Waals surface area contributed by atoms with Crippen LogP contribution in [0.1, 0.15) is 33.0 Å². The number of aliphatic hydroxyl groups is 1. The fourth-order valence-electron chi connectivity index (χ4n) is 1.60. The topological polar surface area (TPSA) is 96.4 Å². The number of aliphatic hydroxyl groups excluding tert-OH is 1. The van der Waals surface area contributed by atoms with Crippen molar-refractivity contribution < 1.29 is 14.6 Å². The Bertz CT molecular complexity index is 443. The molecule has 0 aromatic carbocycles. The summed E-state index contributed by atoms with van der Waals surface area (Å²) in [6, 6.07) is -0.753. The van der Waals surface area contributed by atoms with Crippen molar-refractivity contribution in [2.45, 2.75) is 38.6 Å². The summed E-state index contributed by atoms with van der Waals surface area (Å²) in [7, 11) is 1.57. The van der Waals surface area contributed by atoms with Gasteiger partial charge in [0.2, 0.25) is 0 Å². The van der Waals surface area contributed by atoms with E-state index in [0.717, 1.165) is 0 Å². The maximum Gasteiger partial charge on any atom is 0.319 e. The molecule has 21 heavy (non-hydrogen) atoms. The summed E-state index contributed by atoms with van der Waals surface area (Å²) in [6.07, 6.45) is 3.67. The highest BCUT2D eigenvalue weighted by Gasteiger charge is 2.17. The molecule has 0 unspecified atom stereocenters. The highest BCUT2D eigenvalue weighted by Crippen LogP contribution is 2.18. The van der Waals surface area contributed by atoms with Gasteiger partial charge in [-0.15, -0.1) is 0 Å². The lowest BCUT2D eigenvalue weighted by atomic mass is 9.96. The fraction of sp³-hybridized carbons (Fsp3) is 0.643. The molecule has 7 heteroatoms. The lowest BCUT2D eigenvalue weighted by Gasteiger charge is -2.17. The minimum atomic E-state index is -0.405. The predicted octanol–water partition coefficient (Wildman–Crippen LogP) is 1.29. The zero-order chi connectivity index (χ0) is 15.9. The monoisotopic (exact) mass is 296 g/mol. The molecule has 7 nitrogen and oxygen atoms in total. The van der Waals surface area contributed by atoms with Crippen molar-refractivity contribution in [2.75, 3.05) is 25.6 Å². The number of aromatic nitrogens is 2. The molecule has 3 N–H and O–H groups in total. The second-order valence-electron chi connectivity index (χ2n) is 5.80. The highest BCUT2D eigenvalue weighted by molar-refractivity contribution is 5.89. The second kappa shape index (κ2) is 7.90. The maximum atomic E-state index is 11.8. The van der Waals surface area contributed by atoms with Crippen LogP contribution in [0.2, 0.25) is 0 Å². The minimum Gasteiger partial charge on any atom is -0.394 e. The first-order valence-corrected chi connectivity index (χ1v) is 6.86. The summed E-state index contributed by atoms with van der Waals surface area (Å²) < 4.78 is 4.92. The van der Waals surface area contributed by atoms with E-state index in [1.807, 2.05) is 20.8 Å². The van der Waals surface area contributed by atoms with E-state index in [1.54, 1.807) is 19.5 Å². The average molecular weight is 296 g/mol. The van der Waals surface area contributed by atoms with Crippen molar-refractivity contribution in [2.24, 2.45) is 0 Å². The molecule has 0 aliphatic carbocycles. The number of methoxy groups -OCH3 is 1. The number of nitrogens with zero attached hydrogens (tertiary/aromatic N) is 2. The van der Waals surface area contributed by atoms with Gasteiger partial charge in [-0.1, -0.05) is 20.8 Å². The molecule has 1 aromatic rings. The quantitative estimate of drug-likeness (QED) is 0.735. The van der Waals surface area contributed by atoms with Gasteiger partial charge in [-0.3, -0.25) is 0 Å². The molecule has 0 spiro atoms. The number of carbonyl (C=O) groups is 1.